The monoisotopic (exact) mass is 309 g/mol. The zero-order chi connectivity index (χ0) is 13.4. The fourth-order valence-electron chi connectivity index (χ4n) is 1.29. The van der Waals surface area contributed by atoms with Gasteiger partial charge in [0.2, 0.25) is 0 Å². The van der Waals surface area contributed by atoms with Crippen molar-refractivity contribution in [3.63, 3.8) is 0 Å². The number of carbonyl (C=O) groups is 1. The minimum atomic E-state index is -0.490. The first-order valence-electron chi connectivity index (χ1n) is 5.47. The molecule has 108 valence electrons. The number of carbonyl (C=O) groups excluding carboxylic acids is 1. The molecule has 0 atom stereocenters. The normalized spacial score (nSPS) is 9.63. The highest BCUT2D eigenvalue weighted by molar-refractivity contribution is 6.31. The lowest BCUT2D eigenvalue weighted by Crippen LogP contribution is -2.14. The van der Waals surface area contributed by atoms with E-state index in [-0.39, 0.29) is 12.4 Å². The summed E-state index contributed by atoms with van der Waals surface area (Å²) < 4.78 is 15.3. The minimum absolute atomic E-state index is 0. The fraction of sp³-hybridized carbons (Fsp3) is 0.417. The van der Waals surface area contributed by atoms with Gasteiger partial charge in [-0.15, -0.1) is 12.4 Å². The van der Waals surface area contributed by atoms with Crippen LogP contribution in [0.3, 0.4) is 0 Å². The molecule has 0 saturated carbocycles. The molecule has 1 aromatic rings. The first-order chi connectivity index (χ1) is 8.69. The van der Waals surface area contributed by atoms with Crippen LogP contribution in [0.4, 0.5) is 0 Å². The molecular weight excluding hydrogens is 293 g/mol. The van der Waals surface area contributed by atoms with Crippen LogP contribution in [0.5, 0.6) is 5.75 Å². The highest BCUT2D eigenvalue weighted by Gasteiger charge is 2.13. The lowest BCUT2D eigenvalue weighted by Gasteiger charge is -2.10. The van der Waals surface area contributed by atoms with Crippen molar-refractivity contribution in [2.75, 3.05) is 33.5 Å². The Morgan fingerprint density at radius 1 is 1.32 bits per heavy atom. The maximum atomic E-state index is 11.5. The van der Waals surface area contributed by atoms with Gasteiger partial charge in [-0.25, -0.2) is 4.79 Å². The van der Waals surface area contributed by atoms with Gasteiger partial charge >= 0.3 is 5.97 Å². The maximum Gasteiger partial charge on any atom is 0.341 e. The van der Waals surface area contributed by atoms with Crippen LogP contribution in [0.1, 0.15) is 10.4 Å². The Bertz CT molecular complexity index is 401. The zero-order valence-electron chi connectivity index (χ0n) is 10.6. The summed E-state index contributed by atoms with van der Waals surface area (Å²) in [4.78, 5) is 11.5. The molecule has 0 aliphatic rings. The van der Waals surface area contributed by atoms with E-state index in [0.717, 1.165) is 0 Å². The van der Waals surface area contributed by atoms with E-state index in [1.807, 2.05) is 0 Å². The van der Waals surface area contributed by atoms with E-state index in [9.17, 15) is 4.79 Å². The number of benzene rings is 1. The van der Waals surface area contributed by atoms with Crippen molar-refractivity contribution in [3.8, 4) is 5.75 Å². The summed E-state index contributed by atoms with van der Waals surface area (Å²) in [7, 11) is 1.30. The molecule has 0 aromatic heterocycles. The van der Waals surface area contributed by atoms with Crippen LogP contribution in [0.2, 0.25) is 5.02 Å². The Hall–Kier alpha value is -1.01. The molecule has 0 amide bonds. The van der Waals surface area contributed by atoms with Gasteiger partial charge in [-0.05, 0) is 18.2 Å². The summed E-state index contributed by atoms with van der Waals surface area (Å²) in [5.41, 5.74) is 5.57. The number of hydrogen-bond donors (Lipinski definition) is 1. The number of methoxy groups -OCH3 is 1. The predicted octanol–water partition coefficient (Wildman–Crippen LogP) is 1.90. The van der Waals surface area contributed by atoms with E-state index >= 15 is 0 Å². The molecular formula is C12H17Cl2NO4. The Morgan fingerprint density at radius 3 is 2.68 bits per heavy atom. The van der Waals surface area contributed by atoms with Gasteiger partial charge in [0.25, 0.3) is 0 Å². The van der Waals surface area contributed by atoms with E-state index in [4.69, 9.17) is 26.8 Å². The first kappa shape index (κ1) is 18.0. The van der Waals surface area contributed by atoms with Gasteiger partial charge < -0.3 is 19.9 Å². The Labute approximate surface area is 123 Å². The second-order valence-electron chi connectivity index (χ2n) is 3.38. The molecule has 0 spiro atoms. The van der Waals surface area contributed by atoms with Gasteiger partial charge in [0.1, 0.15) is 17.9 Å². The highest BCUT2D eigenvalue weighted by Crippen LogP contribution is 2.23. The molecule has 2 N–H and O–H groups in total. The second kappa shape index (κ2) is 9.86. The molecule has 0 fully saturated rings. The van der Waals surface area contributed by atoms with Gasteiger partial charge in [-0.2, -0.15) is 0 Å². The van der Waals surface area contributed by atoms with E-state index < -0.39 is 5.97 Å². The lowest BCUT2D eigenvalue weighted by atomic mass is 10.2. The zero-order valence-corrected chi connectivity index (χ0v) is 12.1. The van der Waals surface area contributed by atoms with Gasteiger partial charge in [0.15, 0.2) is 0 Å². The molecule has 0 bridgehead atoms. The molecule has 0 unspecified atom stereocenters. The Kier molecular flexibility index (Phi) is 9.34. The molecule has 7 heteroatoms. The van der Waals surface area contributed by atoms with Crippen molar-refractivity contribution in [1.82, 2.24) is 0 Å². The highest BCUT2D eigenvalue weighted by atomic mass is 35.5. The number of esters is 1. The fourth-order valence-corrected chi connectivity index (χ4v) is 1.47. The van der Waals surface area contributed by atoms with Gasteiger partial charge in [0.05, 0.1) is 20.3 Å². The van der Waals surface area contributed by atoms with Crippen LogP contribution in [0.15, 0.2) is 18.2 Å². The van der Waals surface area contributed by atoms with Crippen LogP contribution >= 0.6 is 24.0 Å². The summed E-state index contributed by atoms with van der Waals surface area (Å²) in [6.07, 6.45) is 0. The van der Waals surface area contributed by atoms with Crippen molar-refractivity contribution in [1.29, 1.82) is 0 Å². The average Bonchev–Trinajstić information content (AvgIpc) is 2.39. The SMILES string of the molecule is COC(=O)c1cc(Cl)ccc1OCCOCCN.Cl. The Morgan fingerprint density at radius 2 is 2.05 bits per heavy atom. The number of rotatable bonds is 7. The molecule has 19 heavy (non-hydrogen) atoms. The smallest absolute Gasteiger partial charge is 0.341 e. The topological polar surface area (TPSA) is 70.8 Å². The van der Waals surface area contributed by atoms with Crippen LogP contribution in [0, 0.1) is 0 Å². The molecule has 1 aromatic carbocycles. The standard InChI is InChI=1S/C12H16ClNO4.ClH/c1-16-12(15)10-8-9(13)2-3-11(10)18-7-6-17-5-4-14;/h2-3,8H,4-7,14H2,1H3;1H. The molecule has 0 radical (unpaired) electrons. The summed E-state index contributed by atoms with van der Waals surface area (Å²) in [5, 5.41) is 0.446. The van der Waals surface area contributed by atoms with E-state index in [0.29, 0.717) is 42.7 Å². The predicted molar refractivity (Wildman–Crippen MR) is 75.4 cm³/mol. The van der Waals surface area contributed by atoms with Crippen molar-refractivity contribution in [2.45, 2.75) is 0 Å². The lowest BCUT2D eigenvalue weighted by molar-refractivity contribution is 0.0591. The van der Waals surface area contributed by atoms with Crippen molar-refractivity contribution >= 4 is 30.0 Å². The molecule has 0 aliphatic carbocycles. The number of nitrogens with two attached hydrogens (primary N) is 1. The maximum absolute atomic E-state index is 11.5. The number of halogens is 2. The van der Waals surface area contributed by atoms with Crippen LogP contribution in [0.25, 0.3) is 0 Å². The average molecular weight is 310 g/mol. The third-order valence-corrected chi connectivity index (χ3v) is 2.33. The largest absolute Gasteiger partial charge is 0.490 e. The van der Waals surface area contributed by atoms with Crippen molar-refractivity contribution in [3.05, 3.63) is 28.8 Å². The second-order valence-corrected chi connectivity index (χ2v) is 3.82. The van der Waals surface area contributed by atoms with Crippen LogP contribution in [-0.2, 0) is 9.47 Å². The first-order valence-corrected chi connectivity index (χ1v) is 5.85. The van der Waals surface area contributed by atoms with E-state index in [1.54, 1.807) is 12.1 Å². The summed E-state index contributed by atoms with van der Waals surface area (Å²) >= 11 is 5.82. The molecule has 1 rings (SSSR count). The molecule has 5 nitrogen and oxygen atoms in total. The van der Waals surface area contributed by atoms with Crippen LogP contribution in [-0.4, -0.2) is 39.4 Å². The van der Waals surface area contributed by atoms with E-state index in [1.165, 1.54) is 13.2 Å². The molecule has 0 saturated heterocycles. The number of ether oxygens (including phenoxy) is 3. The number of hydrogen-bond acceptors (Lipinski definition) is 5. The third-order valence-electron chi connectivity index (χ3n) is 2.09. The van der Waals surface area contributed by atoms with Crippen molar-refractivity contribution < 1.29 is 19.0 Å². The van der Waals surface area contributed by atoms with Gasteiger partial charge in [0, 0.05) is 11.6 Å². The minimum Gasteiger partial charge on any atom is -0.490 e. The van der Waals surface area contributed by atoms with Gasteiger partial charge in [-0.3, -0.25) is 0 Å². The van der Waals surface area contributed by atoms with Gasteiger partial charge in [-0.1, -0.05) is 11.6 Å². The quantitative estimate of drug-likeness (QED) is 0.615. The molecule has 0 heterocycles. The summed E-state index contributed by atoms with van der Waals surface area (Å²) in [6, 6.07) is 4.77. The van der Waals surface area contributed by atoms with Crippen LogP contribution < -0.4 is 10.5 Å². The Balaban J connectivity index is 0.00000324. The van der Waals surface area contributed by atoms with Crippen molar-refractivity contribution in [2.24, 2.45) is 5.73 Å². The summed E-state index contributed by atoms with van der Waals surface area (Å²) in [5.74, 6) is -0.0713. The third kappa shape index (κ3) is 6.11. The molecule has 0 aliphatic heterocycles. The van der Waals surface area contributed by atoms with E-state index in [2.05, 4.69) is 4.74 Å². The summed E-state index contributed by atoms with van der Waals surface area (Å²) in [6.45, 7) is 1.67.